The highest BCUT2D eigenvalue weighted by Crippen LogP contribution is 2.27. The van der Waals surface area contributed by atoms with E-state index in [9.17, 15) is 18.0 Å². The van der Waals surface area contributed by atoms with E-state index < -0.39 is 28.4 Å². The zero-order chi connectivity index (χ0) is 24.2. The first-order valence-corrected chi connectivity index (χ1v) is 11.8. The first kappa shape index (κ1) is 24.0. The number of rotatable bonds is 8. The molecule has 2 N–H and O–H groups in total. The molecule has 7 nitrogen and oxygen atoms in total. The Hall–Kier alpha value is -3.65. The van der Waals surface area contributed by atoms with Crippen molar-refractivity contribution in [1.82, 2.24) is 5.32 Å². The normalized spacial score (nSPS) is 11.1. The van der Waals surface area contributed by atoms with Crippen LogP contribution in [0.25, 0.3) is 0 Å². The summed E-state index contributed by atoms with van der Waals surface area (Å²) in [5.74, 6) is -1.57. The minimum atomic E-state index is -4.01. The second kappa shape index (κ2) is 9.87. The smallest absolute Gasteiger partial charge is 0.335 e. The third-order valence-electron chi connectivity index (χ3n) is 5.18. The molecule has 0 fully saturated rings. The van der Waals surface area contributed by atoms with Crippen molar-refractivity contribution >= 4 is 27.6 Å². The number of nitrogens with one attached hydrogen (secondary N) is 1. The van der Waals surface area contributed by atoms with Gasteiger partial charge in [-0.2, -0.15) is 0 Å². The molecule has 3 aromatic rings. The number of carbonyl (C=O) groups is 2. The van der Waals surface area contributed by atoms with Crippen LogP contribution in [-0.2, 0) is 21.4 Å². The Morgan fingerprint density at radius 1 is 0.909 bits per heavy atom. The summed E-state index contributed by atoms with van der Waals surface area (Å²) in [5, 5.41) is 11.8. The summed E-state index contributed by atoms with van der Waals surface area (Å²) >= 11 is 0. The molecule has 33 heavy (non-hydrogen) atoms. The van der Waals surface area contributed by atoms with Gasteiger partial charge in [0.1, 0.15) is 6.54 Å². The molecule has 0 atom stereocenters. The van der Waals surface area contributed by atoms with E-state index in [4.69, 9.17) is 5.11 Å². The quantitative estimate of drug-likeness (QED) is 0.525. The molecule has 0 saturated carbocycles. The van der Waals surface area contributed by atoms with Crippen LogP contribution in [0.15, 0.2) is 71.6 Å². The lowest BCUT2D eigenvalue weighted by Crippen LogP contribution is -2.41. The van der Waals surface area contributed by atoms with Crippen molar-refractivity contribution in [3.8, 4) is 0 Å². The topological polar surface area (TPSA) is 104 Å². The predicted octanol–water partition coefficient (Wildman–Crippen LogP) is 3.82. The van der Waals surface area contributed by atoms with Gasteiger partial charge in [-0.3, -0.25) is 9.10 Å². The van der Waals surface area contributed by atoms with Crippen molar-refractivity contribution in [2.75, 3.05) is 10.8 Å². The number of anilines is 1. The van der Waals surface area contributed by atoms with Crippen LogP contribution in [0.3, 0.4) is 0 Å². The summed E-state index contributed by atoms with van der Waals surface area (Å²) in [5.41, 5.74) is 3.76. The maximum Gasteiger partial charge on any atom is 0.335 e. The van der Waals surface area contributed by atoms with Crippen molar-refractivity contribution in [3.63, 3.8) is 0 Å². The largest absolute Gasteiger partial charge is 0.478 e. The fourth-order valence-corrected chi connectivity index (χ4v) is 4.91. The average Bonchev–Trinajstić information content (AvgIpc) is 2.77. The van der Waals surface area contributed by atoms with Gasteiger partial charge >= 0.3 is 5.97 Å². The number of hydrogen-bond donors (Lipinski definition) is 2. The van der Waals surface area contributed by atoms with Crippen LogP contribution in [-0.4, -0.2) is 31.9 Å². The van der Waals surface area contributed by atoms with Crippen LogP contribution >= 0.6 is 0 Å². The maximum atomic E-state index is 13.5. The highest BCUT2D eigenvalue weighted by molar-refractivity contribution is 7.92. The van der Waals surface area contributed by atoms with Crippen LogP contribution < -0.4 is 9.62 Å². The monoisotopic (exact) mass is 466 g/mol. The van der Waals surface area contributed by atoms with Crippen LogP contribution in [0.4, 0.5) is 5.69 Å². The fraction of sp³-hybridized carbons (Fsp3) is 0.200. The molecular weight excluding hydrogens is 440 g/mol. The van der Waals surface area contributed by atoms with Gasteiger partial charge in [0.25, 0.3) is 10.0 Å². The molecule has 8 heteroatoms. The first-order valence-electron chi connectivity index (χ1n) is 10.3. The van der Waals surface area contributed by atoms with E-state index in [0.29, 0.717) is 11.3 Å². The van der Waals surface area contributed by atoms with Gasteiger partial charge in [-0.1, -0.05) is 47.5 Å². The van der Waals surface area contributed by atoms with Gasteiger partial charge in [-0.25, -0.2) is 13.2 Å². The third-order valence-corrected chi connectivity index (χ3v) is 6.95. The van der Waals surface area contributed by atoms with E-state index in [1.807, 2.05) is 19.9 Å². The molecule has 3 aromatic carbocycles. The Labute approximate surface area is 193 Å². The van der Waals surface area contributed by atoms with Gasteiger partial charge in [0.15, 0.2) is 0 Å². The van der Waals surface area contributed by atoms with Crippen LogP contribution in [0.1, 0.15) is 32.6 Å². The number of aryl methyl sites for hydroxylation is 3. The summed E-state index contributed by atoms with van der Waals surface area (Å²) in [6, 6.07) is 18.0. The molecule has 0 aliphatic heterocycles. The molecule has 0 saturated heterocycles. The molecule has 0 aliphatic rings. The SMILES string of the molecule is Cc1ccc(S(=O)(=O)N(CC(=O)NCc2cccc(C(=O)O)c2)c2ccc(C)cc2C)cc1. The number of aromatic carboxylic acids is 1. The molecule has 0 aromatic heterocycles. The molecule has 0 spiro atoms. The van der Waals surface area contributed by atoms with Gasteiger partial charge < -0.3 is 10.4 Å². The Bertz CT molecular complexity index is 1280. The highest BCUT2D eigenvalue weighted by atomic mass is 32.2. The lowest BCUT2D eigenvalue weighted by atomic mass is 10.1. The van der Waals surface area contributed by atoms with E-state index in [1.54, 1.807) is 43.3 Å². The van der Waals surface area contributed by atoms with Crippen molar-refractivity contribution in [2.24, 2.45) is 0 Å². The second-order valence-corrected chi connectivity index (χ2v) is 9.76. The number of nitrogens with zero attached hydrogens (tertiary/aromatic N) is 1. The van der Waals surface area contributed by atoms with E-state index in [-0.39, 0.29) is 17.0 Å². The van der Waals surface area contributed by atoms with Gasteiger partial charge in [0.05, 0.1) is 16.1 Å². The number of carboxylic acid groups (broad SMARTS) is 1. The fourth-order valence-electron chi connectivity index (χ4n) is 3.42. The van der Waals surface area contributed by atoms with Crippen molar-refractivity contribution < 1.29 is 23.1 Å². The number of benzene rings is 3. The first-order chi connectivity index (χ1) is 15.6. The van der Waals surface area contributed by atoms with Gasteiger partial charge in [0.2, 0.25) is 5.91 Å². The summed E-state index contributed by atoms with van der Waals surface area (Å²) in [6.07, 6.45) is 0. The number of carbonyl (C=O) groups excluding carboxylic acids is 1. The van der Waals surface area contributed by atoms with Crippen molar-refractivity contribution in [2.45, 2.75) is 32.2 Å². The summed E-state index contributed by atoms with van der Waals surface area (Å²) in [6.45, 7) is 5.23. The molecule has 3 rings (SSSR count). The molecule has 0 aliphatic carbocycles. The minimum Gasteiger partial charge on any atom is -0.478 e. The summed E-state index contributed by atoms with van der Waals surface area (Å²) in [7, 11) is -4.01. The molecular formula is C25H26N2O5S. The minimum absolute atomic E-state index is 0.0747. The second-order valence-electron chi connectivity index (χ2n) is 7.90. The Balaban J connectivity index is 1.88. The van der Waals surface area contributed by atoms with Gasteiger partial charge in [-0.05, 0) is 62.2 Å². The Kier molecular flexibility index (Phi) is 7.18. The van der Waals surface area contributed by atoms with Crippen molar-refractivity contribution in [3.05, 3.63) is 94.5 Å². The third kappa shape index (κ3) is 5.78. The molecule has 0 unspecified atom stereocenters. The van der Waals surface area contributed by atoms with E-state index >= 15 is 0 Å². The summed E-state index contributed by atoms with van der Waals surface area (Å²) < 4.78 is 28.1. The van der Waals surface area contributed by atoms with Gasteiger partial charge in [-0.15, -0.1) is 0 Å². The van der Waals surface area contributed by atoms with E-state index in [2.05, 4.69) is 5.32 Å². The number of sulfonamides is 1. The Morgan fingerprint density at radius 2 is 1.58 bits per heavy atom. The Morgan fingerprint density at radius 3 is 2.21 bits per heavy atom. The van der Waals surface area contributed by atoms with Crippen LogP contribution in [0.5, 0.6) is 0 Å². The zero-order valence-corrected chi connectivity index (χ0v) is 19.5. The van der Waals surface area contributed by atoms with Crippen LogP contribution in [0.2, 0.25) is 0 Å². The molecule has 172 valence electrons. The number of hydrogen-bond acceptors (Lipinski definition) is 4. The number of carboxylic acids is 1. The lowest BCUT2D eigenvalue weighted by molar-refractivity contribution is -0.119. The molecule has 0 bridgehead atoms. The lowest BCUT2D eigenvalue weighted by Gasteiger charge is -2.26. The van der Waals surface area contributed by atoms with Gasteiger partial charge in [0, 0.05) is 6.54 Å². The van der Waals surface area contributed by atoms with Crippen molar-refractivity contribution in [1.29, 1.82) is 0 Å². The van der Waals surface area contributed by atoms with E-state index in [1.165, 1.54) is 24.3 Å². The van der Waals surface area contributed by atoms with E-state index in [0.717, 1.165) is 21.0 Å². The zero-order valence-electron chi connectivity index (χ0n) is 18.7. The highest BCUT2D eigenvalue weighted by Gasteiger charge is 2.28. The van der Waals surface area contributed by atoms with Crippen LogP contribution in [0, 0.1) is 20.8 Å². The number of amides is 1. The predicted molar refractivity (Wildman–Crippen MR) is 127 cm³/mol. The molecule has 0 heterocycles. The maximum absolute atomic E-state index is 13.5. The summed E-state index contributed by atoms with van der Waals surface area (Å²) in [4.78, 5) is 24.0. The average molecular weight is 467 g/mol. The standard InChI is InChI=1S/C25H26N2O5S/c1-17-7-10-22(11-8-17)33(31,32)27(23-12-9-18(2)13-19(23)3)16-24(28)26-15-20-5-4-6-21(14-20)25(29)30/h4-14H,15-16H2,1-3H3,(H,26,28)(H,29,30). The molecule has 1 amide bonds. The molecule has 0 radical (unpaired) electrons.